The SMILES string of the molecule is CN1C(=O)[C@@H]2CN(c3ncccn3)C[C@@H]2C12CCN(Cc1ccccc1)CC2. The number of rotatable bonds is 3. The number of hydrogen-bond acceptors (Lipinski definition) is 5. The van der Waals surface area contributed by atoms with E-state index in [1.807, 2.05) is 13.1 Å². The van der Waals surface area contributed by atoms with Crippen molar-refractivity contribution in [2.24, 2.45) is 11.8 Å². The highest BCUT2D eigenvalue weighted by atomic mass is 16.2. The Morgan fingerprint density at radius 2 is 1.75 bits per heavy atom. The van der Waals surface area contributed by atoms with E-state index in [1.165, 1.54) is 5.56 Å². The number of benzene rings is 1. The molecule has 0 saturated carbocycles. The maximum absolute atomic E-state index is 13.1. The lowest BCUT2D eigenvalue weighted by molar-refractivity contribution is -0.133. The van der Waals surface area contributed by atoms with Crippen LogP contribution in [0.25, 0.3) is 0 Å². The average Bonchev–Trinajstić information content (AvgIpc) is 3.27. The standard InChI is InChI=1S/C22H27N5O/c1-25-20(28)18-15-27(21-23-10-5-11-24-21)16-19(18)22(25)8-12-26(13-9-22)14-17-6-3-2-4-7-17/h2-7,10-11,18-19H,8-9,12-16H2,1H3/t18-,19+/m1/s1. The van der Waals surface area contributed by atoms with Crippen LogP contribution >= 0.6 is 0 Å². The van der Waals surface area contributed by atoms with Crippen LogP contribution in [-0.4, -0.2) is 64.4 Å². The number of nitrogens with zero attached hydrogens (tertiary/aromatic N) is 5. The topological polar surface area (TPSA) is 52.6 Å². The zero-order valence-corrected chi connectivity index (χ0v) is 16.4. The summed E-state index contributed by atoms with van der Waals surface area (Å²) < 4.78 is 0. The molecule has 0 bridgehead atoms. The molecule has 1 spiro atoms. The maximum Gasteiger partial charge on any atom is 0.228 e. The molecular weight excluding hydrogens is 350 g/mol. The summed E-state index contributed by atoms with van der Waals surface area (Å²) in [5.41, 5.74) is 1.35. The van der Waals surface area contributed by atoms with Crippen LogP contribution in [0.3, 0.4) is 0 Å². The van der Waals surface area contributed by atoms with E-state index in [9.17, 15) is 4.79 Å². The third-order valence-corrected chi connectivity index (χ3v) is 7.13. The number of amides is 1. The quantitative estimate of drug-likeness (QED) is 0.819. The van der Waals surface area contributed by atoms with Gasteiger partial charge in [-0.3, -0.25) is 9.69 Å². The number of anilines is 1. The highest BCUT2D eigenvalue weighted by molar-refractivity contribution is 5.84. The Hall–Kier alpha value is -2.47. The molecule has 6 heteroatoms. The van der Waals surface area contributed by atoms with Gasteiger partial charge in [-0.15, -0.1) is 0 Å². The zero-order valence-electron chi connectivity index (χ0n) is 16.4. The number of piperidine rings is 1. The second-order valence-corrected chi connectivity index (χ2v) is 8.43. The third kappa shape index (κ3) is 2.78. The van der Waals surface area contributed by atoms with E-state index in [1.54, 1.807) is 12.4 Å². The molecule has 4 heterocycles. The Morgan fingerprint density at radius 1 is 1.04 bits per heavy atom. The molecule has 2 atom stereocenters. The Labute approximate surface area is 166 Å². The fourth-order valence-corrected chi connectivity index (χ4v) is 5.58. The number of carbonyl (C=O) groups excluding carboxylic acids is 1. The van der Waals surface area contributed by atoms with Crippen LogP contribution in [0.15, 0.2) is 48.8 Å². The predicted molar refractivity (Wildman–Crippen MR) is 108 cm³/mol. The van der Waals surface area contributed by atoms with E-state index in [0.717, 1.165) is 51.5 Å². The molecule has 3 aliphatic heterocycles. The molecule has 5 rings (SSSR count). The minimum atomic E-state index is -0.0154. The molecule has 3 saturated heterocycles. The van der Waals surface area contributed by atoms with Crippen molar-refractivity contribution in [2.75, 3.05) is 38.1 Å². The van der Waals surface area contributed by atoms with Crippen LogP contribution < -0.4 is 4.90 Å². The summed E-state index contributed by atoms with van der Waals surface area (Å²) in [6.07, 6.45) is 5.66. The molecular formula is C22H27N5O. The van der Waals surface area contributed by atoms with Gasteiger partial charge in [-0.25, -0.2) is 9.97 Å². The fraction of sp³-hybridized carbons (Fsp3) is 0.500. The summed E-state index contributed by atoms with van der Waals surface area (Å²) in [5.74, 6) is 1.51. The first-order chi connectivity index (χ1) is 13.7. The van der Waals surface area contributed by atoms with E-state index >= 15 is 0 Å². The van der Waals surface area contributed by atoms with E-state index in [0.29, 0.717) is 11.8 Å². The monoisotopic (exact) mass is 377 g/mol. The predicted octanol–water partition coefficient (Wildman–Crippen LogP) is 2.04. The van der Waals surface area contributed by atoms with Crippen LogP contribution in [0.2, 0.25) is 0 Å². The summed E-state index contributed by atoms with van der Waals surface area (Å²) in [4.78, 5) is 28.7. The van der Waals surface area contributed by atoms with Crippen LogP contribution in [0.1, 0.15) is 18.4 Å². The van der Waals surface area contributed by atoms with Gasteiger partial charge in [0.1, 0.15) is 0 Å². The van der Waals surface area contributed by atoms with Crippen molar-refractivity contribution in [3.8, 4) is 0 Å². The minimum absolute atomic E-state index is 0.0154. The van der Waals surface area contributed by atoms with Crippen molar-refractivity contribution < 1.29 is 4.79 Å². The van der Waals surface area contributed by atoms with Crippen LogP contribution in [0, 0.1) is 11.8 Å². The van der Waals surface area contributed by atoms with Gasteiger partial charge in [0.15, 0.2) is 0 Å². The summed E-state index contributed by atoms with van der Waals surface area (Å²) >= 11 is 0. The Balaban J connectivity index is 1.31. The van der Waals surface area contributed by atoms with Gasteiger partial charge in [0.25, 0.3) is 0 Å². The summed E-state index contributed by atoms with van der Waals surface area (Å²) in [5, 5.41) is 0. The van der Waals surface area contributed by atoms with Gasteiger partial charge in [-0.1, -0.05) is 30.3 Å². The van der Waals surface area contributed by atoms with E-state index in [4.69, 9.17) is 0 Å². The molecule has 3 aliphatic rings. The second-order valence-electron chi connectivity index (χ2n) is 8.43. The van der Waals surface area contributed by atoms with Gasteiger partial charge in [0.2, 0.25) is 11.9 Å². The zero-order chi connectivity index (χ0) is 19.1. The first-order valence-electron chi connectivity index (χ1n) is 10.2. The molecule has 6 nitrogen and oxygen atoms in total. The highest BCUT2D eigenvalue weighted by Crippen LogP contribution is 2.49. The molecule has 0 unspecified atom stereocenters. The number of hydrogen-bond donors (Lipinski definition) is 0. The number of carbonyl (C=O) groups is 1. The summed E-state index contributed by atoms with van der Waals surface area (Å²) in [6.45, 7) is 4.69. The molecule has 0 N–H and O–H groups in total. The molecule has 1 amide bonds. The van der Waals surface area contributed by atoms with E-state index < -0.39 is 0 Å². The lowest BCUT2D eigenvalue weighted by atomic mass is 9.75. The van der Waals surface area contributed by atoms with Crippen LogP contribution in [0.5, 0.6) is 0 Å². The smallest absolute Gasteiger partial charge is 0.228 e. The van der Waals surface area contributed by atoms with Crippen molar-refractivity contribution in [2.45, 2.75) is 24.9 Å². The van der Waals surface area contributed by atoms with Crippen molar-refractivity contribution >= 4 is 11.9 Å². The second kappa shape index (κ2) is 6.85. The van der Waals surface area contributed by atoms with Gasteiger partial charge in [0, 0.05) is 58.1 Å². The summed E-state index contributed by atoms with van der Waals surface area (Å²) in [7, 11) is 2.02. The molecule has 3 fully saturated rings. The largest absolute Gasteiger partial charge is 0.340 e. The lowest BCUT2D eigenvalue weighted by Crippen LogP contribution is -2.55. The first kappa shape index (κ1) is 17.6. The summed E-state index contributed by atoms with van der Waals surface area (Å²) in [6, 6.07) is 12.5. The van der Waals surface area contributed by atoms with E-state index in [-0.39, 0.29) is 11.5 Å². The third-order valence-electron chi connectivity index (χ3n) is 7.13. The Bertz CT molecular complexity index is 835. The van der Waals surface area contributed by atoms with Crippen molar-refractivity contribution in [1.82, 2.24) is 19.8 Å². The average molecular weight is 377 g/mol. The van der Waals surface area contributed by atoms with Gasteiger partial charge in [0.05, 0.1) is 11.5 Å². The number of aromatic nitrogens is 2. The van der Waals surface area contributed by atoms with Crippen molar-refractivity contribution in [3.05, 3.63) is 54.4 Å². The van der Waals surface area contributed by atoms with Gasteiger partial charge >= 0.3 is 0 Å². The minimum Gasteiger partial charge on any atom is -0.340 e. The van der Waals surface area contributed by atoms with Crippen molar-refractivity contribution in [1.29, 1.82) is 0 Å². The highest BCUT2D eigenvalue weighted by Gasteiger charge is 2.60. The number of likely N-dealkylation sites (tertiary alicyclic amines) is 2. The van der Waals surface area contributed by atoms with Gasteiger partial charge < -0.3 is 9.80 Å². The van der Waals surface area contributed by atoms with Crippen molar-refractivity contribution in [3.63, 3.8) is 0 Å². The maximum atomic E-state index is 13.1. The van der Waals surface area contributed by atoms with Crippen LogP contribution in [-0.2, 0) is 11.3 Å². The van der Waals surface area contributed by atoms with Gasteiger partial charge in [-0.05, 0) is 24.5 Å². The normalized spacial score (nSPS) is 26.8. The molecule has 0 radical (unpaired) electrons. The fourth-order valence-electron chi connectivity index (χ4n) is 5.58. The lowest BCUT2D eigenvalue weighted by Gasteiger charge is -2.46. The number of fused-ring (bicyclic) bond motifs is 2. The molecule has 28 heavy (non-hydrogen) atoms. The Morgan fingerprint density at radius 3 is 2.46 bits per heavy atom. The molecule has 1 aromatic carbocycles. The molecule has 1 aromatic heterocycles. The Kier molecular flexibility index (Phi) is 4.31. The van der Waals surface area contributed by atoms with E-state index in [2.05, 4.69) is 55.0 Å². The molecule has 2 aromatic rings. The molecule has 0 aliphatic carbocycles. The van der Waals surface area contributed by atoms with Crippen LogP contribution in [0.4, 0.5) is 5.95 Å². The first-order valence-corrected chi connectivity index (χ1v) is 10.2. The molecule has 146 valence electrons. The van der Waals surface area contributed by atoms with Gasteiger partial charge in [-0.2, -0.15) is 0 Å².